The van der Waals surface area contributed by atoms with Crippen LogP contribution < -0.4 is 0 Å². The number of carbonyl (C=O) groups excluding carboxylic acids is 2. The van der Waals surface area contributed by atoms with Crippen molar-refractivity contribution in [1.29, 1.82) is 0 Å². The van der Waals surface area contributed by atoms with E-state index < -0.39 is 0 Å². The molecule has 2 aliphatic rings. The molecule has 0 aromatic carbocycles. The minimum absolute atomic E-state index is 0.0906. The maximum atomic E-state index is 11.7. The lowest BCUT2D eigenvalue weighted by atomic mass is 9.95. The van der Waals surface area contributed by atoms with Crippen molar-refractivity contribution >= 4 is 11.9 Å². The highest BCUT2D eigenvalue weighted by atomic mass is 16.5. The molecular weight excluding hydrogens is 206 g/mol. The quantitative estimate of drug-likeness (QED) is 0.683. The number of ether oxygens (including phenoxy) is 1. The summed E-state index contributed by atoms with van der Waals surface area (Å²) in [4.78, 5) is 25.1. The van der Waals surface area contributed by atoms with Gasteiger partial charge in [-0.25, -0.2) is 0 Å². The zero-order valence-electron chi connectivity index (χ0n) is 9.78. The van der Waals surface area contributed by atoms with Crippen molar-refractivity contribution in [1.82, 2.24) is 4.90 Å². The van der Waals surface area contributed by atoms with Crippen molar-refractivity contribution < 1.29 is 14.3 Å². The van der Waals surface area contributed by atoms with E-state index in [0.717, 1.165) is 25.7 Å². The minimum Gasteiger partial charge on any atom is -0.466 e. The van der Waals surface area contributed by atoms with Gasteiger partial charge in [-0.2, -0.15) is 0 Å². The van der Waals surface area contributed by atoms with Crippen molar-refractivity contribution in [2.75, 3.05) is 6.61 Å². The maximum absolute atomic E-state index is 11.7. The van der Waals surface area contributed by atoms with E-state index in [4.69, 9.17) is 4.74 Å². The van der Waals surface area contributed by atoms with Gasteiger partial charge in [-0.15, -0.1) is 0 Å². The molecule has 0 aromatic heterocycles. The molecule has 0 unspecified atom stereocenters. The van der Waals surface area contributed by atoms with Crippen LogP contribution >= 0.6 is 0 Å². The number of hydrogen-bond donors (Lipinski definition) is 0. The van der Waals surface area contributed by atoms with Gasteiger partial charge in [0.05, 0.1) is 13.0 Å². The van der Waals surface area contributed by atoms with E-state index in [2.05, 4.69) is 0 Å². The second kappa shape index (κ2) is 4.85. The fraction of sp³-hybridized carbons (Fsp3) is 0.833. The highest BCUT2D eigenvalue weighted by Crippen LogP contribution is 2.33. The van der Waals surface area contributed by atoms with Gasteiger partial charge in [0, 0.05) is 18.5 Å². The van der Waals surface area contributed by atoms with Gasteiger partial charge in [-0.05, 0) is 32.6 Å². The Kier molecular flexibility index (Phi) is 3.46. The SMILES string of the molecule is CCOC(=O)C[C@H]1CCC[C@@H]2CCC(=O)N21. The molecule has 1 amide bonds. The van der Waals surface area contributed by atoms with Crippen LogP contribution in [0.4, 0.5) is 0 Å². The molecule has 0 aliphatic carbocycles. The van der Waals surface area contributed by atoms with Gasteiger partial charge in [-0.3, -0.25) is 9.59 Å². The molecular formula is C12H19NO3. The van der Waals surface area contributed by atoms with E-state index in [0.29, 0.717) is 25.5 Å². The lowest BCUT2D eigenvalue weighted by Gasteiger charge is -2.37. The second-order valence-corrected chi connectivity index (χ2v) is 4.59. The Morgan fingerprint density at radius 2 is 2.25 bits per heavy atom. The highest BCUT2D eigenvalue weighted by Gasteiger charge is 2.39. The molecule has 4 nitrogen and oxygen atoms in total. The number of carbonyl (C=O) groups is 2. The number of nitrogens with zero attached hydrogens (tertiary/aromatic N) is 1. The fourth-order valence-electron chi connectivity index (χ4n) is 2.89. The maximum Gasteiger partial charge on any atom is 0.307 e. The summed E-state index contributed by atoms with van der Waals surface area (Å²) in [5.74, 6) is 0.0480. The summed E-state index contributed by atoms with van der Waals surface area (Å²) in [6.07, 6.45) is 5.17. The smallest absolute Gasteiger partial charge is 0.307 e. The number of esters is 1. The van der Waals surface area contributed by atoms with Crippen LogP contribution in [0.1, 0.15) is 45.4 Å². The molecule has 2 rings (SSSR count). The molecule has 90 valence electrons. The van der Waals surface area contributed by atoms with Crippen molar-refractivity contribution in [2.24, 2.45) is 0 Å². The highest BCUT2D eigenvalue weighted by molar-refractivity contribution is 5.80. The molecule has 2 heterocycles. The minimum atomic E-state index is -0.173. The Hall–Kier alpha value is -1.06. The Morgan fingerprint density at radius 1 is 1.44 bits per heavy atom. The van der Waals surface area contributed by atoms with E-state index in [1.165, 1.54) is 0 Å². The molecule has 0 spiro atoms. The molecule has 0 saturated carbocycles. The Morgan fingerprint density at radius 3 is 3.00 bits per heavy atom. The fourth-order valence-corrected chi connectivity index (χ4v) is 2.89. The zero-order valence-corrected chi connectivity index (χ0v) is 9.78. The zero-order chi connectivity index (χ0) is 11.5. The largest absolute Gasteiger partial charge is 0.466 e. The van der Waals surface area contributed by atoms with Gasteiger partial charge < -0.3 is 9.64 Å². The van der Waals surface area contributed by atoms with E-state index in [1.807, 2.05) is 11.8 Å². The molecule has 0 radical (unpaired) electrons. The average Bonchev–Trinajstić information content (AvgIpc) is 2.62. The summed E-state index contributed by atoms with van der Waals surface area (Å²) >= 11 is 0. The van der Waals surface area contributed by atoms with Gasteiger partial charge in [0.2, 0.25) is 5.91 Å². The van der Waals surface area contributed by atoms with Crippen molar-refractivity contribution in [2.45, 2.75) is 57.5 Å². The number of piperidine rings is 1. The third-order valence-electron chi connectivity index (χ3n) is 3.55. The Bertz CT molecular complexity index is 290. The van der Waals surface area contributed by atoms with Crippen molar-refractivity contribution in [3.05, 3.63) is 0 Å². The van der Waals surface area contributed by atoms with E-state index in [-0.39, 0.29) is 17.9 Å². The van der Waals surface area contributed by atoms with E-state index in [9.17, 15) is 9.59 Å². The molecule has 4 heteroatoms. The van der Waals surface area contributed by atoms with E-state index in [1.54, 1.807) is 0 Å². The summed E-state index contributed by atoms with van der Waals surface area (Å²) in [6.45, 7) is 2.23. The van der Waals surface area contributed by atoms with Crippen LogP contribution in [0.5, 0.6) is 0 Å². The number of fused-ring (bicyclic) bond motifs is 1. The van der Waals surface area contributed by atoms with Crippen LogP contribution in [-0.4, -0.2) is 35.5 Å². The molecule has 2 fully saturated rings. The van der Waals surface area contributed by atoms with Crippen LogP contribution in [0.2, 0.25) is 0 Å². The molecule has 0 bridgehead atoms. The first-order valence-corrected chi connectivity index (χ1v) is 6.19. The van der Waals surface area contributed by atoms with Gasteiger partial charge in [0.15, 0.2) is 0 Å². The lowest BCUT2D eigenvalue weighted by molar-refractivity contribution is -0.146. The monoisotopic (exact) mass is 225 g/mol. The summed E-state index contributed by atoms with van der Waals surface area (Å²) in [5, 5.41) is 0. The lowest BCUT2D eigenvalue weighted by Crippen LogP contribution is -2.46. The number of amides is 1. The normalized spacial score (nSPS) is 29.1. The molecule has 2 saturated heterocycles. The molecule has 2 aliphatic heterocycles. The van der Waals surface area contributed by atoms with Crippen molar-refractivity contribution in [3.8, 4) is 0 Å². The molecule has 0 aromatic rings. The average molecular weight is 225 g/mol. The topological polar surface area (TPSA) is 46.6 Å². The molecule has 0 N–H and O–H groups in total. The first-order chi connectivity index (χ1) is 7.72. The predicted octanol–water partition coefficient (Wildman–Crippen LogP) is 1.48. The molecule has 16 heavy (non-hydrogen) atoms. The van der Waals surface area contributed by atoms with Gasteiger partial charge in [0.25, 0.3) is 0 Å². The van der Waals surface area contributed by atoms with E-state index >= 15 is 0 Å². The number of rotatable bonds is 3. The molecule has 2 atom stereocenters. The van der Waals surface area contributed by atoms with Gasteiger partial charge >= 0.3 is 5.97 Å². The van der Waals surface area contributed by atoms with Crippen LogP contribution in [0.25, 0.3) is 0 Å². The third-order valence-corrected chi connectivity index (χ3v) is 3.55. The van der Waals surface area contributed by atoms with Crippen LogP contribution in [0.15, 0.2) is 0 Å². The second-order valence-electron chi connectivity index (χ2n) is 4.59. The summed E-state index contributed by atoms with van der Waals surface area (Å²) in [5.41, 5.74) is 0. The van der Waals surface area contributed by atoms with Crippen LogP contribution in [0, 0.1) is 0 Å². The van der Waals surface area contributed by atoms with Crippen molar-refractivity contribution in [3.63, 3.8) is 0 Å². The third kappa shape index (κ3) is 2.20. The summed E-state index contributed by atoms with van der Waals surface area (Å²) in [7, 11) is 0. The first kappa shape index (κ1) is 11.4. The van der Waals surface area contributed by atoms with Gasteiger partial charge in [0.1, 0.15) is 0 Å². The summed E-state index contributed by atoms with van der Waals surface area (Å²) in [6, 6.07) is 0.480. The first-order valence-electron chi connectivity index (χ1n) is 6.19. The van der Waals surface area contributed by atoms with Crippen LogP contribution in [-0.2, 0) is 14.3 Å². The van der Waals surface area contributed by atoms with Gasteiger partial charge in [-0.1, -0.05) is 0 Å². The Labute approximate surface area is 95.9 Å². The standard InChI is InChI=1S/C12H19NO3/c1-2-16-12(15)8-10-5-3-4-9-6-7-11(14)13(9)10/h9-10H,2-8H2,1H3/t9-,10-/m1/s1. The Balaban J connectivity index is 1.97. The van der Waals surface area contributed by atoms with Crippen LogP contribution in [0.3, 0.4) is 0 Å². The number of hydrogen-bond acceptors (Lipinski definition) is 3. The summed E-state index contributed by atoms with van der Waals surface area (Å²) < 4.78 is 4.95. The predicted molar refractivity (Wildman–Crippen MR) is 58.8 cm³/mol.